The van der Waals surface area contributed by atoms with E-state index in [-0.39, 0.29) is 61.2 Å². The highest BCUT2D eigenvalue weighted by atomic mass is 19.4. The summed E-state index contributed by atoms with van der Waals surface area (Å²) in [5.41, 5.74) is -0.115. The minimum atomic E-state index is -4.60. The summed E-state index contributed by atoms with van der Waals surface area (Å²) in [5.74, 6) is -4.55. The maximum Gasteiger partial charge on any atom is 0.408 e. The standard InChI is InChI=1S/C34H45F4N3O4/c1-21-24(12-7-13-27(21)35)30-25(31(43)22-10-6-11-23(42)18-22)19-40(16-8-14-28(39(4)5)33(2,3)45)20-26(30)32(44)41-17-9-15-29(41)34(36,37)38/h6-7,10-13,18,25-26,28-30,42,45H,8-9,14-17,19-20H2,1-5H3/t25-,26+,28+,29-,30+/m0/s1. The van der Waals surface area contributed by atoms with Crippen molar-refractivity contribution in [3.05, 3.63) is 65.0 Å². The molecule has 2 aliphatic rings. The monoisotopic (exact) mass is 635 g/mol. The fraction of sp³-hybridized carbons (Fsp3) is 0.588. The van der Waals surface area contributed by atoms with E-state index in [0.717, 1.165) is 4.90 Å². The number of likely N-dealkylation sites (N-methyl/N-ethyl adjacent to an activating group) is 1. The van der Waals surface area contributed by atoms with Gasteiger partial charge in [-0.3, -0.25) is 9.59 Å². The van der Waals surface area contributed by atoms with E-state index in [1.807, 2.05) is 23.9 Å². The summed E-state index contributed by atoms with van der Waals surface area (Å²) >= 11 is 0. The number of hydrogen-bond acceptors (Lipinski definition) is 6. The third-order valence-electron chi connectivity index (χ3n) is 9.53. The van der Waals surface area contributed by atoms with Crippen LogP contribution in [0, 0.1) is 24.6 Å². The molecule has 248 valence electrons. The van der Waals surface area contributed by atoms with Crippen LogP contribution in [0.15, 0.2) is 42.5 Å². The van der Waals surface area contributed by atoms with Crippen LogP contribution in [0.1, 0.15) is 66.9 Å². The van der Waals surface area contributed by atoms with Gasteiger partial charge < -0.3 is 24.9 Å². The normalized spacial score (nSPS) is 23.8. The Labute approximate surface area is 262 Å². The first-order chi connectivity index (χ1) is 21.0. The Kier molecular flexibility index (Phi) is 10.7. The second-order valence-corrected chi connectivity index (χ2v) is 13.4. The zero-order valence-electron chi connectivity index (χ0n) is 26.6. The third kappa shape index (κ3) is 7.86. The van der Waals surface area contributed by atoms with Crippen molar-refractivity contribution in [2.45, 2.75) is 76.2 Å². The van der Waals surface area contributed by atoms with E-state index in [1.165, 1.54) is 30.3 Å². The lowest BCUT2D eigenvalue weighted by molar-refractivity contribution is -0.185. The van der Waals surface area contributed by atoms with Gasteiger partial charge >= 0.3 is 6.18 Å². The van der Waals surface area contributed by atoms with Gasteiger partial charge in [0.2, 0.25) is 5.91 Å². The third-order valence-corrected chi connectivity index (χ3v) is 9.53. The van der Waals surface area contributed by atoms with E-state index in [1.54, 1.807) is 32.9 Å². The van der Waals surface area contributed by atoms with Gasteiger partial charge in [0.15, 0.2) is 5.78 Å². The number of carbonyl (C=O) groups excluding carboxylic acids is 2. The smallest absolute Gasteiger partial charge is 0.408 e. The predicted molar refractivity (Wildman–Crippen MR) is 164 cm³/mol. The lowest BCUT2D eigenvalue weighted by Crippen LogP contribution is -2.56. The van der Waals surface area contributed by atoms with Gasteiger partial charge in [-0.05, 0) is 96.4 Å². The number of nitrogens with zero attached hydrogens (tertiary/aromatic N) is 3. The Hall–Kier alpha value is -3.02. The first-order valence-electron chi connectivity index (χ1n) is 15.6. The maximum atomic E-state index is 15.0. The predicted octanol–water partition coefficient (Wildman–Crippen LogP) is 5.39. The highest BCUT2D eigenvalue weighted by Crippen LogP contribution is 2.44. The summed E-state index contributed by atoms with van der Waals surface area (Å²) in [6, 6.07) is 8.18. The molecule has 0 aliphatic carbocycles. The second kappa shape index (κ2) is 13.8. The van der Waals surface area contributed by atoms with Gasteiger partial charge in [-0.15, -0.1) is 0 Å². The summed E-state index contributed by atoms with van der Waals surface area (Å²) in [7, 11) is 3.75. The van der Waals surface area contributed by atoms with Crippen LogP contribution in [0.3, 0.4) is 0 Å². The van der Waals surface area contributed by atoms with Crippen LogP contribution in [0.5, 0.6) is 5.75 Å². The van der Waals surface area contributed by atoms with Crippen molar-refractivity contribution in [2.24, 2.45) is 11.8 Å². The number of halogens is 4. The number of phenols is 1. The minimum Gasteiger partial charge on any atom is -0.508 e. The van der Waals surface area contributed by atoms with Crippen LogP contribution in [0.2, 0.25) is 0 Å². The summed E-state index contributed by atoms with van der Waals surface area (Å²) in [6.45, 7) is 5.70. The second-order valence-electron chi connectivity index (χ2n) is 13.4. The first kappa shape index (κ1) is 34.8. The van der Waals surface area contributed by atoms with E-state index in [9.17, 15) is 37.4 Å². The van der Waals surface area contributed by atoms with Crippen molar-refractivity contribution >= 4 is 11.7 Å². The molecule has 0 radical (unpaired) electrons. The molecule has 0 unspecified atom stereocenters. The average molecular weight is 636 g/mol. The molecule has 4 rings (SSSR count). The SMILES string of the molecule is Cc1c(F)cccc1[C@@H]1[C@@H](C(=O)c2cccc(O)c2)CN(CCC[C@@H](N(C)C)C(C)(C)O)C[C@H]1C(=O)N1CCC[C@H]1C(F)(F)F. The molecule has 0 bridgehead atoms. The summed E-state index contributed by atoms with van der Waals surface area (Å²) in [6.07, 6.45) is -3.38. The molecule has 2 saturated heterocycles. The number of carbonyl (C=O) groups is 2. The van der Waals surface area contributed by atoms with Gasteiger partial charge in [-0.2, -0.15) is 13.2 Å². The quantitative estimate of drug-likeness (QED) is 0.269. The van der Waals surface area contributed by atoms with Crippen LogP contribution < -0.4 is 0 Å². The Bertz CT molecular complexity index is 1360. The van der Waals surface area contributed by atoms with Crippen molar-refractivity contribution in [1.29, 1.82) is 0 Å². The van der Waals surface area contributed by atoms with Crippen LogP contribution in [-0.4, -0.2) is 101 Å². The molecule has 2 aliphatic heterocycles. The summed E-state index contributed by atoms with van der Waals surface area (Å²) < 4.78 is 57.2. The van der Waals surface area contributed by atoms with Crippen LogP contribution in [0.4, 0.5) is 17.6 Å². The Morgan fingerprint density at radius 2 is 1.73 bits per heavy atom. The topological polar surface area (TPSA) is 84.3 Å². The van der Waals surface area contributed by atoms with Crippen LogP contribution >= 0.6 is 0 Å². The van der Waals surface area contributed by atoms with Gasteiger partial charge in [0.05, 0.1) is 11.5 Å². The Morgan fingerprint density at radius 1 is 1.07 bits per heavy atom. The molecule has 2 fully saturated rings. The maximum absolute atomic E-state index is 15.0. The molecule has 2 N–H and O–H groups in total. The molecule has 0 aromatic heterocycles. The van der Waals surface area contributed by atoms with E-state index in [4.69, 9.17) is 0 Å². The molecule has 0 spiro atoms. The fourth-order valence-corrected chi connectivity index (χ4v) is 7.43. The van der Waals surface area contributed by atoms with E-state index in [2.05, 4.69) is 0 Å². The molecule has 5 atom stereocenters. The largest absolute Gasteiger partial charge is 0.508 e. The summed E-state index contributed by atoms with van der Waals surface area (Å²) in [5, 5.41) is 20.8. The number of likely N-dealkylation sites (tertiary alicyclic amines) is 2. The number of Topliss-reactive ketones (excluding diaryl/α,β-unsaturated/α-hetero) is 1. The number of aromatic hydroxyl groups is 1. The van der Waals surface area contributed by atoms with E-state index in [0.29, 0.717) is 24.9 Å². The number of benzene rings is 2. The van der Waals surface area contributed by atoms with Gasteiger partial charge in [-0.25, -0.2) is 4.39 Å². The molecule has 0 saturated carbocycles. The van der Waals surface area contributed by atoms with Gasteiger partial charge in [0.1, 0.15) is 17.6 Å². The molecule has 2 heterocycles. The number of piperidine rings is 1. The molecule has 45 heavy (non-hydrogen) atoms. The summed E-state index contributed by atoms with van der Waals surface area (Å²) in [4.78, 5) is 33.3. The molecule has 2 aromatic carbocycles. The van der Waals surface area contributed by atoms with Gasteiger partial charge in [0, 0.05) is 43.1 Å². The Balaban J connectivity index is 1.77. The van der Waals surface area contributed by atoms with Gasteiger partial charge in [-0.1, -0.05) is 24.3 Å². The van der Waals surface area contributed by atoms with E-state index >= 15 is 0 Å². The minimum absolute atomic E-state index is 0.0460. The van der Waals surface area contributed by atoms with E-state index < -0.39 is 47.3 Å². The molecule has 2 aromatic rings. The van der Waals surface area contributed by atoms with Crippen molar-refractivity contribution in [1.82, 2.24) is 14.7 Å². The number of phenolic OH excluding ortho intramolecular Hbond substituents is 1. The number of rotatable bonds is 10. The lowest BCUT2D eigenvalue weighted by atomic mass is 9.69. The van der Waals surface area contributed by atoms with Crippen molar-refractivity contribution in [3.63, 3.8) is 0 Å². The van der Waals surface area contributed by atoms with Crippen molar-refractivity contribution < 1.29 is 37.4 Å². The van der Waals surface area contributed by atoms with Crippen molar-refractivity contribution in [2.75, 3.05) is 40.3 Å². The zero-order valence-corrected chi connectivity index (χ0v) is 26.6. The zero-order chi connectivity index (χ0) is 33.3. The van der Waals surface area contributed by atoms with Gasteiger partial charge in [0.25, 0.3) is 0 Å². The number of hydrogen-bond donors (Lipinski definition) is 2. The number of ketones is 1. The molecular weight excluding hydrogens is 590 g/mol. The molecular formula is C34H45F4N3O4. The molecule has 7 nitrogen and oxygen atoms in total. The molecule has 1 amide bonds. The fourth-order valence-electron chi connectivity index (χ4n) is 7.43. The average Bonchev–Trinajstić information content (AvgIpc) is 3.46. The number of alkyl halides is 3. The number of aliphatic hydroxyl groups is 1. The van der Waals surface area contributed by atoms with Crippen molar-refractivity contribution in [3.8, 4) is 5.75 Å². The van der Waals surface area contributed by atoms with Crippen LogP contribution in [-0.2, 0) is 4.79 Å². The Morgan fingerprint density at radius 3 is 2.36 bits per heavy atom. The highest BCUT2D eigenvalue weighted by Gasteiger charge is 2.52. The van der Waals surface area contributed by atoms with Crippen LogP contribution in [0.25, 0.3) is 0 Å². The lowest BCUT2D eigenvalue weighted by Gasteiger charge is -2.45. The first-order valence-corrected chi connectivity index (χ1v) is 15.6. The number of amides is 1. The molecule has 11 heteroatoms. The highest BCUT2D eigenvalue weighted by molar-refractivity contribution is 5.99.